The molecule has 0 aliphatic rings. The molecular formula is C13H22Si2. The van der Waals surface area contributed by atoms with Crippen LogP contribution in [0, 0.1) is 27.7 Å². The monoisotopic (exact) mass is 234 g/mol. The first-order chi connectivity index (χ1) is 6.91. The molecule has 0 aliphatic heterocycles. The molecule has 0 N–H and O–H groups in total. The zero-order chi connectivity index (χ0) is 11.7. The van der Waals surface area contributed by atoms with Gasteiger partial charge in [-0.2, -0.15) is 0 Å². The van der Waals surface area contributed by atoms with Crippen LogP contribution in [0.5, 0.6) is 0 Å². The first kappa shape index (κ1) is 12.5. The Kier molecular flexibility index (Phi) is 3.73. The fourth-order valence-corrected chi connectivity index (χ4v) is 3.87. The summed E-state index contributed by atoms with van der Waals surface area (Å²) < 4.78 is 0. The molecule has 2 heteroatoms. The lowest BCUT2D eigenvalue weighted by Gasteiger charge is -2.21. The van der Waals surface area contributed by atoms with Crippen molar-refractivity contribution in [2.75, 3.05) is 0 Å². The van der Waals surface area contributed by atoms with Crippen LogP contribution in [0.25, 0.3) is 6.08 Å². The van der Waals surface area contributed by atoms with Crippen molar-refractivity contribution < 1.29 is 0 Å². The van der Waals surface area contributed by atoms with Crippen molar-refractivity contribution in [1.29, 1.82) is 0 Å². The molecule has 1 rings (SSSR count). The molecule has 0 atom stereocenters. The molecule has 0 bridgehead atoms. The van der Waals surface area contributed by atoms with Crippen molar-refractivity contribution >= 4 is 26.6 Å². The van der Waals surface area contributed by atoms with Crippen molar-refractivity contribution in [2.24, 2.45) is 0 Å². The summed E-state index contributed by atoms with van der Waals surface area (Å²) in [5.41, 5.74) is 8.84. The van der Waals surface area contributed by atoms with E-state index in [9.17, 15) is 0 Å². The molecule has 0 unspecified atom stereocenters. The van der Waals surface area contributed by atoms with E-state index in [1.807, 2.05) is 6.08 Å². The van der Waals surface area contributed by atoms with Gasteiger partial charge in [0.25, 0.3) is 0 Å². The minimum atomic E-state index is 0.844. The quantitative estimate of drug-likeness (QED) is 0.677. The van der Waals surface area contributed by atoms with Gasteiger partial charge in [-0.25, -0.2) is 0 Å². The fraction of sp³-hybridized carbons (Fsp3) is 0.385. The second-order valence-corrected chi connectivity index (χ2v) is 10.5. The Hall–Kier alpha value is -0.606. The molecule has 0 heterocycles. The molecule has 0 spiro atoms. The summed E-state index contributed by atoms with van der Waals surface area (Å²) in [6.45, 7) is 13.0. The number of rotatable bonds is 2. The number of hydrogen-bond donors (Lipinski definition) is 0. The molecule has 0 aromatic heterocycles. The minimum absolute atomic E-state index is 0.844. The highest BCUT2D eigenvalue weighted by atomic mass is 28.2. The van der Waals surface area contributed by atoms with Gasteiger partial charge in [0.1, 0.15) is 0 Å². The molecular weight excluding hydrogens is 212 g/mol. The van der Waals surface area contributed by atoms with Crippen LogP contribution in [0.4, 0.5) is 0 Å². The third kappa shape index (κ3) is 2.01. The van der Waals surface area contributed by atoms with E-state index in [1.54, 1.807) is 5.56 Å². The molecule has 0 radical (unpaired) electrons. The summed E-state index contributed by atoms with van der Waals surface area (Å²) in [5.74, 6) is 0. The first-order valence-electron chi connectivity index (χ1n) is 5.64. The second-order valence-electron chi connectivity index (χ2n) is 4.69. The van der Waals surface area contributed by atoms with E-state index in [4.69, 9.17) is 0 Å². The van der Waals surface area contributed by atoms with E-state index in [0.29, 0.717) is 0 Å². The molecule has 1 aromatic carbocycles. The maximum atomic E-state index is 3.98. The third-order valence-electron chi connectivity index (χ3n) is 3.57. The molecule has 0 fully saturated rings. The maximum Gasteiger partial charge on any atom is 0.00785 e. The average Bonchev–Trinajstić information content (AvgIpc) is 2.19. The standard InChI is InChI=1S/C13H22Si2/c1-6-11-9(4)7(2)8(3)10(5)12(11)13(14)15/h6,13H,1H2,2-5,14-15H3. The smallest absolute Gasteiger partial charge is 0.00785 e. The van der Waals surface area contributed by atoms with E-state index in [2.05, 4.69) is 34.3 Å². The van der Waals surface area contributed by atoms with E-state index >= 15 is 0 Å². The highest BCUT2D eigenvalue weighted by Gasteiger charge is 2.14. The van der Waals surface area contributed by atoms with Crippen molar-refractivity contribution in [3.63, 3.8) is 0 Å². The fourth-order valence-electron chi connectivity index (χ4n) is 2.38. The van der Waals surface area contributed by atoms with E-state index in [-0.39, 0.29) is 0 Å². The van der Waals surface area contributed by atoms with Gasteiger partial charge in [-0.3, -0.25) is 0 Å². The summed E-state index contributed by atoms with van der Waals surface area (Å²) in [7, 11) is 2.53. The van der Waals surface area contributed by atoms with Gasteiger partial charge in [0.05, 0.1) is 0 Å². The van der Waals surface area contributed by atoms with Gasteiger partial charge in [0.2, 0.25) is 0 Å². The van der Waals surface area contributed by atoms with Gasteiger partial charge < -0.3 is 0 Å². The minimum Gasteiger partial charge on any atom is -0.0985 e. The summed E-state index contributed by atoms with van der Waals surface area (Å²) in [5, 5.41) is 0.844. The molecule has 1 aromatic rings. The van der Waals surface area contributed by atoms with E-state index in [0.717, 1.165) is 5.16 Å². The van der Waals surface area contributed by atoms with Gasteiger partial charge in [0, 0.05) is 20.5 Å². The number of benzene rings is 1. The predicted octanol–water partition coefficient (Wildman–Crippen LogP) is 1.29. The van der Waals surface area contributed by atoms with Crippen LogP contribution in [-0.2, 0) is 0 Å². The molecule has 0 saturated carbocycles. The van der Waals surface area contributed by atoms with Crippen LogP contribution in [0.2, 0.25) is 0 Å². The maximum absolute atomic E-state index is 3.98. The normalized spacial score (nSPS) is 13.1. The Morgan fingerprint density at radius 1 is 0.933 bits per heavy atom. The van der Waals surface area contributed by atoms with Crippen LogP contribution in [0.3, 0.4) is 0 Å². The Labute approximate surface area is 99.6 Å². The molecule has 0 amide bonds. The lowest BCUT2D eigenvalue weighted by molar-refractivity contribution is 1.14. The van der Waals surface area contributed by atoms with Crippen LogP contribution in [-0.4, -0.2) is 20.5 Å². The Morgan fingerprint density at radius 2 is 1.40 bits per heavy atom. The van der Waals surface area contributed by atoms with Crippen molar-refractivity contribution in [3.05, 3.63) is 40.0 Å². The Morgan fingerprint density at radius 3 is 1.80 bits per heavy atom. The summed E-state index contributed by atoms with van der Waals surface area (Å²) >= 11 is 0. The third-order valence-corrected chi connectivity index (χ3v) is 4.72. The lowest BCUT2D eigenvalue weighted by Crippen LogP contribution is -2.08. The molecule has 82 valence electrons. The van der Waals surface area contributed by atoms with Crippen LogP contribution < -0.4 is 0 Å². The molecule has 0 saturated heterocycles. The molecule has 15 heavy (non-hydrogen) atoms. The van der Waals surface area contributed by atoms with Gasteiger partial charge in [0.15, 0.2) is 0 Å². The van der Waals surface area contributed by atoms with Crippen molar-refractivity contribution in [1.82, 2.24) is 0 Å². The van der Waals surface area contributed by atoms with Gasteiger partial charge in [-0.05, 0) is 66.2 Å². The summed E-state index contributed by atoms with van der Waals surface area (Å²) in [6, 6.07) is 0. The van der Waals surface area contributed by atoms with E-state index < -0.39 is 0 Å². The molecule has 0 aliphatic carbocycles. The van der Waals surface area contributed by atoms with Crippen molar-refractivity contribution in [3.8, 4) is 0 Å². The topological polar surface area (TPSA) is 0 Å². The van der Waals surface area contributed by atoms with Crippen LogP contribution in [0.1, 0.15) is 38.5 Å². The van der Waals surface area contributed by atoms with Crippen LogP contribution >= 0.6 is 0 Å². The second kappa shape index (κ2) is 4.50. The van der Waals surface area contributed by atoms with Gasteiger partial charge >= 0.3 is 0 Å². The Balaban J connectivity index is 3.70. The Bertz CT molecular complexity index is 404. The zero-order valence-corrected chi connectivity index (χ0v) is 14.9. The molecule has 0 nitrogen and oxygen atoms in total. The first-order valence-corrected chi connectivity index (χ1v) is 7.95. The van der Waals surface area contributed by atoms with Gasteiger partial charge in [-0.1, -0.05) is 12.7 Å². The van der Waals surface area contributed by atoms with E-state index in [1.165, 1.54) is 48.3 Å². The van der Waals surface area contributed by atoms with Crippen molar-refractivity contribution in [2.45, 2.75) is 32.9 Å². The predicted molar refractivity (Wildman–Crippen MR) is 78.1 cm³/mol. The lowest BCUT2D eigenvalue weighted by atomic mass is 9.89. The number of hydrogen-bond acceptors (Lipinski definition) is 0. The SMILES string of the molecule is C=Cc1c(C)c(C)c(C)c(C)c1C([SiH3])[SiH3]. The highest BCUT2D eigenvalue weighted by molar-refractivity contribution is 6.36. The summed E-state index contributed by atoms with van der Waals surface area (Å²) in [4.78, 5) is 0. The zero-order valence-electron chi connectivity index (χ0n) is 10.9. The van der Waals surface area contributed by atoms with Gasteiger partial charge in [-0.15, -0.1) is 0 Å². The highest BCUT2D eigenvalue weighted by Crippen LogP contribution is 2.30. The summed E-state index contributed by atoms with van der Waals surface area (Å²) in [6.07, 6.45) is 2.05. The van der Waals surface area contributed by atoms with Crippen LogP contribution in [0.15, 0.2) is 6.58 Å². The largest absolute Gasteiger partial charge is 0.0985 e. The average molecular weight is 234 g/mol.